The van der Waals surface area contributed by atoms with Crippen LogP contribution < -0.4 is 15.4 Å². The van der Waals surface area contributed by atoms with E-state index in [-0.39, 0.29) is 5.50 Å². The van der Waals surface area contributed by atoms with Crippen molar-refractivity contribution in [3.63, 3.8) is 0 Å². The number of benzene rings is 1. The van der Waals surface area contributed by atoms with E-state index in [4.69, 9.17) is 10.5 Å². The minimum atomic E-state index is -0.257. The van der Waals surface area contributed by atoms with Crippen LogP contribution in [-0.2, 0) is 0 Å². The van der Waals surface area contributed by atoms with Crippen molar-refractivity contribution in [2.24, 2.45) is 5.73 Å². The summed E-state index contributed by atoms with van der Waals surface area (Å²) in [4.78, 5) is 11.0. The monoisotopic (exact) mass is 495 g/mol. The maximum absolute atomic E-state index is 6.43. The summed E-state index contributed by atoms with van der Waals surface area (Å²) >= 11 is 8.87. The zero-order chi connectivity index (χ0) is 18.4. The van der Waals surface area contributed by atoms with Crippen LogP contribution in [0, 0.1) is 6.92 Å². The summed E-state index contributed by atoms with van der Waals surface area (Å²) in [5.74, 6) is 1.42. The fraction of sp³-hybridized carbons (Fsp3) is 0.176. The van der Waals surface area contributed by atoms with Crippen molar-refractivity contribution in [3.8, 4) is 5.75 Å². The van der Waals surface area contributed by atoms with Crippen LogP contribution in [-0.4, -0.2) is 27.0 Å². The topological polar surface area (TPSA) is 68.7 Å². The van der Waals surface area contributed by atoms with E-state index in [0.29, 0.717) is 5.78 Å². The molecule has 26 heavy (non-hydrogen) atoms. The van der Waals surface area contributed by atoms with Crippen LogP contribution in [0.4, 0.5) is 5.69 Å². The smallest absolute Gasteiger partial charge is 0.234 e. The van der Waals surface area contributed by atoms with E-state index < -0.39 is 0 Å². The Morgan fingerprint density at radius 1 is 1.27 bits per heavy atom. The number of nitrogens with zero attached hydrogens (tertiary/aromatic N) is 4. The molecule has 1 unspecified atom stereocenters. The van der Waals surface area contributed by atoms with E-state index >= 15 is 0 Å². The number of hydrogen-bond donors (Lipinski definition) is 1. The third kappa shape index (κ3) is 2.83. The second-order valence-corrected chi connectivity index (χ2v) is 8.37. The normalized spacial score (nSPS) is 17.0. The Bertz CT molecular complexity index is 1010. The maximum Gasteiger partial charge on any atom is 0.234 e. The molecule has 4 rings (SSSR count). The molecule has 1 atom stereocenters. The molecule has 0 saturated carbocycles. The first-order valence-corrected chi connectivity index (χ1v) is 10.3. The molecule has 0 bridgehead atoms. The van der Waals surface area contributed by atoms with Gasteiger partial charge < -0.3 is 15.4 Å². The predicted octanol–water partition coefficient (Wildman–Crippen LogP) is 4.37. The highest BCUT2D eigenvalue weighted by Crippen LogP contribution is 2.46. The lowest BCUT2D eigenvalue weighted by Gasteiger charge is -2.29. The molecule has 2 N–H and O–H groups in total. The molecule has 0 aliphatic carbocycles. The molecular formula is C17H15Br2N5OS. The van der Waals surface area contributed by atoms with E-state index in [9.17, 15) is 0 Å². The average molecular weight is 497 g/mol. The largest absolute Gasteiger partial charge is 0.497 e. The molecule has 9 heteroatoms. The number of halogens is 2. The van der Waals surface area contributed by atoms with Crippen LogP contribution >= 0.6 is 43.6 Å². The van der Waals surface area contributed by atoms with Gasteiger partial charge in [-0.3, -0.25) is 4.40 Å². The van der Waals surface area contributed by atoms with Gasteiger partial charge >= 0.3 is 0 Å². The standard InChI is InChI=1S/C17H15Br2N5OS/c1-9-14(23-5-3-4-21-17(23)22-9)13-8-26-16(20)24(13)15-11(18)6-10(25-2)7-12(15)19/h3-8,16H,20H2,1-2H3. The lowest BCUT2D eigenvalue weighted by Crippen LogP contribution is -2.35. The number of methoxy groups -OCH3 is 1. The van der Waals surface area contributed by atoms with Gasteiger partial charge in [-0.25, -0.2) is 9.97 Å². The zero-order valence-electron chi connectivity index (χ0n) is 14.0. The molecule has 0 spiro atoms. The SMILES string of the molecule is COc1cc(Br)c(N2C(c3c(C)nc4ncccn34)=CSC2N)c(Br)c1. The van der Waals surface area contributed by atoms with Crippen molar-refractivity contribution >= 4 is 60.8 Å². The van der Waals surface area contributed by atoms with Crippen LogP contribution in [0.2, 0.25) is 0 Å². The quantitative estimate of drug-likeness (QED) is 0.580. The molecule has 1 aromatic carbocycles. The Morgan fingerprint density at radius 2 is 2.00 bits per heavy atom. The molecular weight excluding hydrogens is 482 g/mol. The molecule has 3 aromatic rings. The van der Waals surface area contributed by atoms with Crippen molar-refractivity contribution in [2.75, 3.05) is 12.0 Å². The molecule has 6 nitrogen and oxygen atoms in total. The van der Waals surface area contributed by atoms with Crippen LogP contribution in [0.5, 0.6) is 5.75 Å². The Kier molecular flexibility index (Phi) is 4.72. The first-order valence-electron chi connectivity index (χ1n) is 7.74. The lowest BCUT2D eigenvalue weighted by atomic mass is 10.2. The van der Waals surface area contributed by atoms with Crippen LogP contribution in [0.15, 0.2) is 44.9 Å². The summed E-state index contributed by atoms with van der Waals surface area (Å²) < 4.78 is 9.10. The van der Waals surface area contributed by atoms with Gasteiger partial charge in [0.1, 0.15) is 11.2 Å². The minimum Gasteiger partial charge on any atom is -0.497 e. The highest BCUT2D eigenvalue weighted by molar-refractivity contribution is 9.11. The molecule has 0 radical (unpaired) electrons. The minimum absolute atomic E-state index is 0.257. The summed E-state index contributed by atoms with van der Waals surface area (Å²) in [5.41, 5.74) is 9.96. The van der Waals surface area contributed by atoms with Gasteiger partial charge in [-0.2, -0.15) is 0 Å². The number of aromatic nitrogens is 3. The molecule has 0 saturated heterocycles. The second-order valence-electron chi connectivity index (χ2n) is 5.67. The molecule has 2 aromatic heterocycles. The Labute approximate surface area is 171 Å². The number of ether oxygens (including phenoxy) is 1. The highest BCUT2D eigenvalue weighted by atomic mass is 79.9. The fourth-order valence-electron chi connectivity index (χ4n) is 3.00. The van der Waals surface area contributed by atoms with E-state index in [1.54, 1.807) is 25.1 Å². The number of imidazole rings is 1. The number of thioether (sulfide) groups is 1. The average Bonchev–Trinajstić information content (AvgIpc) is 3.13. The summed E-state index contributed by atoms with van der Waals surface area (Å²) in [7, 11) is 1.64. The molecule has 3 heterocycles. The summed E-state index contributed by atoms with van der Waals surface area (Å²) in [6, 6.07) is 5.75. The third-order valence-corrected chi connectivity index (χ3v) is 6.18. The van der Waals surface area contributed by atoms with Crippen molar-refractivity contribution in [1.29, 1.82) is 0 Å². The third-order valence-electron chi connectivity index (χ3n) is 4.12. The Hall–Kier alpha value is -1.55. The maximum atomic E-state index is 6.43. The number of aryl methyl sites for hydroxylation is 1. The van der Waals surface area contributed by atoms with E-state index in [1.807, 2.05) is 35.7 Å². The van der Waals surface area contributed by atoms with E-state index in [1.165, 1.54) is 0 Å². The number of anilines is 1. The van der Waals surface area contributed by atoms with Crippen molar-refractivity contribution in [3.05, 3.63) is 56.3 Å². The molecule has 134 valence electrons. The van der Waals surface area contributed by atoms with Crippen LogP contribution in [0.25, 0.3) is 11.5 Å². The van der Waals surface area contributed by atoms with Gasteiger partial charge in [0.05, 0.1) is 29.9 Å². The number of rotatable bonds is 3. The molecule has 1 aliphatic rings. The predicted molar refractivity (Wildman–Crippen MR) is 112 cm³/mol. The van der Waals surface area contributed by atoms with Gasteiger partial charge in [0.15, 0.2) is 0 Å². The van der Waals surface area contributed by atoms with Gasteiger partial charge in [0, 0.05) is 26.7 Å². The van der Waals surface area contributed by atoms with E-state index in [2.05, 4.69) is 52.1 Å². The summed E-state index contributed by atoms with van der Waals surface area (Å²) in [6.07, 6.45) is 3.70. The van der Waals surface area contributed by atoms with Crippen molar-refractivity contribution in [1.82, 2.24) is 14.4 Å². The van der Waals surface area contributed by atoms with Gasteiger partial charge in [-0.1, -0.05) is 11.8 Å². The second kappa shape index (κ2) is 6.88. The summed E-state index contributed by atoms with van der Waals surface area (Å²) in [6.45, 7) is 1.98. The first kappa shape index (κ1) is 17.8. The zero-order valence-corrected chi connectivity index (χ0v) is 18.0. The lowest BCUT2D eigenvalue weighted by molar-refractivity contribution is 0.414. The number of nitrogens with two attached hydrogens (primary N) is 1. The van der Waals surface area contributed by atoms with Gasteiger partial charge in [-0.05, 0) is 57.0 Å². The van der Waals surface area contributed by atoms with Crippen LogP contribution in [0.3, 0.4) is 0 Å². The van der Waals surface area contributed by atoms with Gasteiger partial charge in [-0.15, -0.1) is 0 Å². The highest BCUT2D eigenvalue weighted by Gasteiger charge is 2.32. The van der Waals surface area contributed by atoms with Crippen molar-refractivity contribution in [2.45, 2.75) is 12.4 Å². The fourth-order valence-corrected chi connectivity index (χ4v) is 5.36. The van der Waals surface area contributed by atoms with Crippen molar-refractivity contribution < 1.29 is 4.74 Å². The van der Waals surface area contributed by atoms with Gasteiger partial charge in [0.25, 0.3) is 0 Å². The molecule has 1 aliphatic heterocycles. The molecule has 0 amide bonds. The summed E-state index contributed by atoms with van der Waals surface area (Å²) in [5, 5.41) is 2.07. The van der Waals surface area contributed by atoms with Crippen LogP contribution in [0.1, 0.15) is 11.4 Å². The molecule has 0 fully saturated rings. The Morgan fingerprint density at radius 3 is 2.69 bits per heavy atom. The first-order chi connectivity index (χ1) is 12.5. The van der Waals surface area contributed by atoms with Gasteiger partial charge in [0.2, 0.25) is 5.78 Å². The Balaban J connectivity index is 1.89. The van der Waals surface area contributed by atoms with E-state index in [0.717, 1.165) is 37.5 Å². The number of fused-ring (bicyclic) bond motifs is 1. The number of hydrogen-bond acceptors (Lipinski definition) is 6.